The van der Waals surface area contributed by atoms with Crippen LogP contribution in [0, 0.1) is 22.2 Å². The summed E-state index contributed by atoms with van der Waals surface area (Å²) in [6.45, 7) is 19.9. The van der Waals surface area contributed by atoms with Crippen molar-refractivity contribution < 1.29 is 5.11 Å². The Labute approximate surface area is 103 Å². The zero-order chi connectivity index (χ0) is 13.4. The van der Waals surface area contributed by atoms with Gasteiger partial charge in [0.05, 0.1) is 6.10 Å². The van der Waals surface area contributed by atoms with Crippen LogP contribution in [0.25, 0.3) is 0 Å². The fourth-order valence-corrected chi connectivity index (χ4v) is 1.49. The van der Waals surface area contributed by atoms with Crippen LogP contribution in [0.2, 0.25) is 0 Å². The van der Waals surface area contributed by atoms with Crippen LogP contribution in [-0.4, -0.2) is 11.2 Å². The molecule has 0 aromatic heterocycles. The molecule has 0 fully saturated rings. The maximum absolute atomic E-state index is 10.5. The number of hydrogen-bond donors (Lipinski definition) is 1. The first-order chi connectivity index (χ1) is 6.82. The van der Waals surface area contributed by atoms with Gasteiger partial charge in [-0.15, -0.1) is 0 Å². The first-order valence-corrected chi connectivity index (χ1v) is 6.50. The van der Waals surface area contributed by atoms with E-state index < -0.39 is 0 Å². The lowest BCUT2D eigenvalue weighted by atomic mass is 9.62. The van der Waals surface area contributed by atoms with Crippen LogP contribution in [0.15, 0.2) is 0 Å². The Hall–Kier alpha value is -0.0400. The Morgan fingerprint density at radius 2 is 1.25 bits per heavy atom. The topological polar surface area (TPSA) is 20.2 Å². The second kappa shape index (κ2) is 4.68. The maximum atomic E-state index is 10.5. The van der Waals surface area contributed by atoms with Crippen molar-refractivity contribution >= 4 is 0 Å². The molecular weight excluding hydrogens is 196 g/mol. The normalized spacial score (nSPS) is 16.7. The average Bonchev–Trinajstić information content (AvgIpc) is 2.00. The molecule has 0 heterocycles. The number of rotatable bonds is 4. The molecule has 1 nitrogen and oxygen atoms in total. The van der Waals surface area contributed by atoms with Crippen LogP contribution in [0.5, 0.6) is 0 Å². The highest BCUT2D eigenvalue weighted by Gasteiger charge is 2.41. The summed E-state index contributed by atoms with van der Waals surface area (Å²) in [5, 5.41) is 10.5. The van der Waals surface area contributed by atoms with Gasteiger partial charge in [0.1, 0.15) is 0 Å². The summed E-state index contributed by atoms with van der Waals surface area (Å²) in [5.74, 6) is 0.595. The van der Waals surface area contributed by atoms with Crippen molar-refractivity contribution in [3.05, 3.63) is 0 Å². The molecular formula is C15H32O. The SMILES string of the molecule is CC(C)C(C)(C)CC(O)C(C)(C)C(C)(C)C. The quantitative estimate of drug-likeness (QED) is 0.751. The molecule has 0 aromatic rings. The first-order valence-electron chi connectivity index (χ1n) is 6.50. The van der Waals surface area contributed by atoms with Crippen molar-refractivity contribution in [2.24, 2.45) is 22.2 Å². The van der Waals surface area contributed by atoms with Gasteiger partial charge in [-0.1, -0.05) is 62.3 Å². The Balaban J connectivity index is 4.78. The molecule has 0 radical (unpaired) electrons. The molecule has 0 rings (SSSR count). The van der Waals surface area contributed by atoms with Crippen molar-refractivity contribution in [2.75, 3.05) is 0 Å². The predicted molar refractivity (Wildman–Crippen MR) is 72.5 cm³/mol. The third-order valence-corrected chi connectivity index (χ3v) is 5.05. The van der Waals surface area contributed by atoms with Crippen LogP contribution >= 0.6 is 0 Å². The van der Waals surface area contributed by atoms with Gasteiger partial charge < -0.3 is 5.11 Å². The van der Waals surface area contributed by atoms with Gasteiger partial charge in [0.15, 0.2) is 0 Å². The zero-order valence-electron chi connectivity index (χ0n) is 12.8. The largest absolute Gasteiger partial charge is 0.393 e. The zero-order valence-corrected chi connectivity index (χ0v) is 12.8. The molecule has 1 N–H and O–H groups in total. The van der Waals surface area contributed by atoms with E-state index in [-0.39, 0.29) is 22.3 Å². The van der Waals surface area contributed by atoms with Crippen molar-refractivity contribution in [1.82, 2.24) is 0 Å². The van der Waals surface area contributed by atoms with Crippen LogP contribution in [0.1, 0.15) is 68.7 Å². The van der Waals surface area contributed by atoms with Crippen LogP contribution < -0.4 is 0 Å². The summed E-state index contributed by atoms with van der Waals surface area (Å²) in [6, 6.07) is 0. The van der Waals surface area contributed by atoms with Gasteiger partial charge in [-0.3, -0.25) is 0 Å². The molecule has 0 aliphatic heterocycles. The highest BCUT2D eigenvalue weighted by molar-refractivity contribution is 4.91. The van der Waals surface area contributed by atoms with Gasteiger partial charge in [-0.25, -0.2) is 0 Å². The third kappa shape index (κ3) is 3.48. The van der Waals surface area contributed by atoms with Crippen molar-refractivity contribution in [3.8, 4) is 0 Å². The molecule has 0 saturated carbocycles. The third-order valence-electron chi connectivity index (χ3n) is 5.05. The number of aliphatic hydroxyl groups excluding tert-OH is 1. The standard InChI is InChI=1S/C15H32O/c1-11(2)14(6,7)10-12(16)15(8,9)13(3,4)5/h11-12,16H,10H2,1-9H3. The van der Waals surface area contributed by atoms with E-state index in [1.807, 2.05) is 0 Å². The number of aliphatic hydroxyl groups is 1. The fraction of sp³-hybridized carbons (Fsp3) is 1.00. The summed E-state index contributed by atoms with van der Waals surface area (Å²) in [4.78, 5) is 0. The Morgan fingerprint density at radius 1 is 0.875 bits per heavy atom. The maximum Gasteiger partial charge on any atom is 0.0601 e. The Morgan fingerprint density at radius 3 is 1.50 bits per heavy atom. The summed E-state index contributed by atoms with van der Waals surface area (Å²) >= 11 is 0. The molecule has 1 heteroatoms. The minimum Gasteiger partial charge on any atom is -0.393 e. The Kier molecular flexibility index (Phi) is 4.67. The molecule has 1 unspecified atom stereocenters. The Bertz CT molecular complexity index is 218. The van der Waals surface area contributed by atoms with Gasteiger partial charge in [-0.05, 0) is 28.6 Å². The van der Waals surface area contributed by atoms with E-state index >= 15 is 0 Å². The van der Waals surface area contributed by atoms with E-state index in [0.717, 1.165) is 6.42 Å². The summed E-state index contributed by atoms with van der Waals surface area (Å²) in [7, 11) is 0. The van der Waals surface area contributed by atoms with Crippen LogP contribution in [-0.2, 0) is 0 Å². The van der Waals surface area contributed by atoms with Gasteiger partial charge in [0.25, 0.3) is 0 Å². The summed E-state index contributed by atoms with van der Waals surface area (Å²) in [6.07, 6.45) is 0.625. The van der Waals surface area contributed by atoms with Gasteiger partial charge in [0.2, 0.25) is 0 Å². The smallest absolute Gasteiger partial charge is 0.0601 e. The molecule has 0 aliphatic carbocycles. The van der Waals surface area contributed by atoms with Crippen molar-refractivity contribution in [2.45, 2.75) is 74.8 Å². The molecule has 16 heavy (non-hydrogen) atoms. The van der Waals surface area contributed by atoms with Gasteiger partial charge in [-0.2, -0.15) is 0 Å². The van der Waals surface area contributed by atoms with Crippen LogP contribution in [0.4, 0.5) is 0 Å². The first kappa shape index (κ1) is 16.0. The molecule has 1 atom stereocenters. The molecule has 0 saturated heterocycles. The van der Waals surface area contributed by atoms with E-state index in [9.17, 15) is 5.11 Å². The highest BCUT2D eigenvalue weighted by Crippen LogP contribution is 2.45. The predicted octanol–water partition coefficient (Wildman–Crippen LogP) is 4.49. The van der Waals surface area contributed by atoms with Crippen molar-refractivity contribution in [1.29, 1.82) is 0 Å². The van der Waals surface area contributed by atoms with E-state index in [2.05, 4.69) is 62.3 Å². The molecule has 0 aliphatic rings. The number of hydrogen-bond acceptors (Lipinski definition) is 1. The van der Waals surface area contributed by atoms with E-state index in [4.69, 9.17) is 0 Å². The lowest BCUT2D eigenvalue weighted by Crippen LogP contribution is -2.43. The fourth-order valence-electron chi connectivity index (χ4n) is 1.49. The molecule has 0 spiro atoms. The van der Waals surface area contributed by atoms with Gasteiger partial charge >= 0.3 is 0 Å². The average molecular weight is 228 g/mol. The second-order valence-electron chi connectivity index (χ2n) is 7.83. The monoisotopic (exact) mass is 228 g/mol. The molecule has 98 valence electrons. The van der Waals surface area contributed by atoms with E-state index in [0.29, 0.717) is 5.92 Å². The van der Waals surface area contributed by atoms with E-state index in [1.165, 1.54) is 0 Å². The van der Waals surface area contributed by atoms with Crippen molar-refractivity contribution in [3.63, 3.8) is 0 Å². The molecule has 0 aromatic carbocycles. The van der Waals surface area contributed by atoms with Crippen LogP contribution in [0.3, 0.4) is 0 Å². The minimum atomic E-state index is -0.245. The van der Waals surface area contributed by atoms with Gasteiger partial charge in [0, 0.05) is 0 Å². The minimum absolute atomic E-state index is 0.0564. The summed E-state index contributed by atoms with van der Waals surface area (Å²) in [5.41, 5.74) is 0.264. The molecule has 0 amide bonds. The second-order valence-corrected chi connectivity index (χ2v) is 7.83. The van der Waals surface area contributed by atoms with E-state index in [1.54, 1.807) is 0 Å². The lowest BCUT2D eigenvalue weighted by Gasteiger charge is -2.45. The highest BCUT2D eigenvalue weighted by atomic mass is 16.3. The summed E-state index contributed by atoms with van der Waals surface area (Å²) < 4.78 is 0. The molecule has 0 bridgehead atoms. The lowest BCUT2D eigenvalue weighted by molar-refractivity contribution is -0.0554.